The number of halogens is 1. The Kier molecular flexibility index (Phi) is 6.77. The number of nitro benzene ring substituents is 1. The van der Waals surface area contributed by atoms with Crippen LogP contribution in [0.3, 0.4) is 0 Å². The van der Waals surface area contributed by atoms with Gasteiger partial charge in [-0.05, 0) is 12.1 Å². The second kappa shape index (κ2) is 8.69. The van der Waals surface area contributed by atoms with E-state index in [1.807, 2.05) is 0 Å². The Labute approximate surface area is 167 Å². The minimum Gasteiger partial charge on any atom is -0.467 e. The van der Waals surface area contributed by atoms with Crippen LogP contribution in [0, 0.1) is 10.1 Å². The van der Waals surface area contributed by atoms with Crippen molar-refractivity contribution in [3.63, 3.8) is 0 Å². The lowest BCUT2D eigenvalue weighted by molar-refractivity contribution is -0.387. The summed E-state index contributed by atoms with van der Waals surface area (Å²) in [4.78, 5) is 24.0. The monoisotopic (exact) mass is 430 g/mol. The number of amides is 1. The van der Waals surface area contributed by atoms with Crippen LogP contribution in [-0.2, 0) is 16.6 Å². The van der Waals surface area contributed by atoms with Crippen molar-refractivity contribution < 1.29 is 22.6 Å². The largest absolute Gasteiger partial charge is 0.467 e. The number of para-hydroxylation sites is 1. The smallest absolute Gasteiger partial charge is 0.289 e. The average Bonchev–Trinajstić information content (AvgIpc) is 3.16. The minimum absolute atomic E-state index is 0. The van der Waals surface area contributed by atoms with Crippen molar-refractivity contribution >= 4 is 34.0 Å². The highest BCUT2D eigenvalue weighted by Gasteiger charge is 2.34. The van der Waals surface area contributed by atoms with Crippen LogP contribution < -0.4 is 5.73 Å². The maximum Gasteiger partial charge on any atom is 0.289 e. The van der Waals surface area contributed by atoms with Crippen LogP contribution in [0.25, 0.3) is 0 Å². The molecule has 1 aliphatic rings. The Bertz CT molecular complexity index is 969. The van der Waals surface area contributed by atoms with Gasteiger partial charge < -0.3 is 15.1 Å². The molecule has 1 amide bonds. The fourth-order valence-electron chi connectivity index (χ4n) is 2.88. The quantitative estimate of drug-likeness (QED) is 0.555. The Morgan fingerprint density at radius 3 is 2.43 bits per heavy atom. The Morgan fingerprint density at radius 2 is 1.86 bits per heavy atom. The molecule has 0 aliphatic carbocycles. The number of hydrogen-bond donors (Lipinski definition) is 1. The Morgan fingerprint density at radius 1 is 1.21 bits per heavy atom. The van der Waals surface area contributed by atoms with Crippen molar-refractivity contribution in [1.29, 1.82) is 0 Å². The SMILES string of the molecule is Cl.NCc1cc(C(=O)N2CCN(S(=O)(=O)c3ccccc3[N+](=O)[O-])CC2)co1. The van der Waals surface area contributed by atoms with E-state index in [-0.39, 0.29) is 55.9 Å². The van der Waals surface area contributed by atoms with Crippen LogP contribution in [0.2, 0.25) is 0 Å². The molecule has 0 unspecified atom stereocenters. The van der Waals surface area contributed by atoms with E-state index >= 15 is 0 Å². The standard InChI is InChI=1S/C16H18N4O6S.ClH/c17-10-13-9-12(11-26-13)16(21)18-5-7-19(8-6-18)27(24,25)15-4-2-1-3-14(15)20(22)23;/h1-4,9,11H,5-8,10,17H2;1H. The fraction of sp³-hybridized carbons (Fsp3) is 0.312. The van der Waals surface area contributed by atoms with Gasteiger partial charge in [-0.3, -0.25) is 14.9 Å². The van der Waals surface area contributed by atoms with E-state index in [4.69, 9.17) is 10.2 Å². The van der Waals surface area contributed by atoms with Crippen molar-refractivity contribution in [3.8, 4) is 0 Å². The first-order valence-corrected chi connectivity index (χ1v) is 9.59. The first-order chi connectivity index (χ1) is 12.8. The van der Waals surface area contributed by atoms with Crippen LogP contribution in [0.5, 0.6) is 0 Å². The highest BCUT2D eigenvalue weighted by molar-refractivity contribution is 7.89. The minimum atomic E-state index is -4.03. The third-order valence-electron chi connectivity index (χ3n) is 4.31. The second-order valence-corrected chi connectivity index (χ2v) is 7.83. The van der Waals surface area contributed by atoms with Gasteiger partial charge in [-0.25, -0.2) is 8.42 Å². The van der Waals surface area contributed by atoms with Gasteiger partial charge in [0.15, 0.2) is 4.90 Å². The molecule has 1 aromatic heterocycles. The summed E-state index contributed by atoms with van der Waals surface area (Å²) in [6.07, 6.45) is 1.32. The second-order valence-electron chi connectivity index (χ2n) is 5.93. The van der Waals surface area contributed by atoms with Gasteiger partial charge in [0, 0.05) is 32.2 Å². The molecule has 1 saturated heterocycles. The number of furan rings is 1. The van der Waals surface area contributed by atoms with Crippen molar-refractivity contribution in [2.45, 2.75) is 11.4 Å². The normalized spacial score (nSPS) is 15.1. The van der Waals surface area contributed by atoms with E-state index in [0.717, 1.165) is 10.4 Å². The molecule has 2 aromatic rings. The van der Waals surface area contributed by atoms with Crippen LogP contribution in [0.1, 0.15) is 16.1 Å². The van der Waals surface area contributed by atoms with Gasteiger partial charge in [0.25, 0.3) is 11.6 Å². The van der Waals surface area contributed by atoms with E-state index in [0.29, 0.717) is 11.3 Å². The molecule has 0 atom stereocenters. The molecule has 152 valence electrons. The maximum atomic E-state index is 12.8. The zero-order chi connectivity index (χ0) is 19.6. The summed E-state index contributed by atoms with van der Waals surface area (Å²) in [5.41, 5.74) is 5.34. The lowest BCUT2D eigenvalue weighted by Gasteiger charge is -2.33. The molecule has 0 radical (unpaired) electrons. The molecule has 2 heterocycles. The zero-order valence-electron chi connectivity index (χ0n) is 14.7. The topological polar surface area (TPSA) is 140 Å². The number of nitrogens with two attached hydrogens (primary N) is 1. The third kappa shape index (κ3) is 4.17. The summed E-state index contributed by atoms with van der Waals surface area (Å²) in [5, 5.41) is 11.1. The van der Waals surface area contributed by atoms with E-state index in [2.05, 4.69) is 0 Å². The number of nitrogens with zero attached hydrogens (tertiary/aromatic N) is 3. The number of carbonyl (C=O) groups is 1. The highest BCUT2D eigenvalue weighted by Crippen LogP contribution is 2.27. The first kappa shape index (κ1) is 21.8. The number of piperazine rings is 1. The van der Waals surface area contributed by atoms with Gasteiger partial charge in [0.2, 0.25) is 10.0 Å². The zero-order valence-corrected chi connectivity index (χ0v) is 16.3. The first-order valence-electron chi connectivity index (χ1n) is 8.15. The summed E-state index contributed by atoms with van der Waals surface area (Å²) in [7, 11) is -4.03. The number of nitro groups is 1. The molecule has 0 bridgehead atoms. The lowest BCUT2D eigenvalue weighted by Crippen LogP contribution is -2.50. The Hall–Kier alpha value is -2.47. The molecule has 2 N–H and O–H groups in total. The Balaban J connectivity index is 0.00000280. The van der Waals surface area contributed by atoms with Gasteiger partial charge in [-0.1, -0.05) is 12.1 Å². The van der Waals surface area contributed by atoms with Crippen LogP contribution in [-0.4, -0.2) is 54.6 Å². The molecular weight excluding hydrogens is 412 g/mol. The summed E-state index contributed by atoms with van der Waals surface area (Å²) >= 11 is 0. The molecular formula is C16H19ClN4O6S. The van der Waals surface area contributed by atoms with Gasteiger partial charge >= 0.3 is 0 Å². The van der Waals surface area contributed by atoms with Crippen molar-refractivity contribution in [3.05, 3.63) is 58.0 Å². The third-order valence-corrected chi connectivity index (χ3v) is 6.25. The number of benzene rings is 1. The van der Waals surface area contributed by atoms with Gasteiger partial charge in [-0.15, -0.1) is 12.4 Å². The number of hydrogen-bond acceptors (Lipinski definition) is 7. The summed E-state index contributed by atoms with van der Waals surface area (Å²) in [5.74, 6) is 0.206. The van der Waals surface area contributed by atoms with Gasteiger partial charge in [-0.2, -0.15) is 4.31 Å². The average molecular weight is 431 g/mol. The molecule has 10 nitrogen and oxygen atoms in total. The predicted molar refractivity (Wildman–Crippen MR) is 102 cm³/mol. The van der Waals surface area contributed by atoms with E-state index in [9.17, 15) is 23.3 Å². The highest BCUT2D eigenvalue weighted by atomic mass is 35.5. The summed E-state index contributed by atoms with van der Waals surface area (Å²) < 4.78 is 31.9. The van der Waals surface area contributed by atoms with E-state index in [1.54, 1.807) is 6.07 Å². The molecule has 0 spiro atoms. The molecule has 28 heavy (non-hydrogen) atoms. The van der Waals surface area contributed by atoms with Crippen molar-refractivity contribution in [2.24, 2.45) is 5.73 Å². The predicted octanol–water partition coefficient (Wildman–Crippen LogP) is 1.21. The molecule has 0 saturated carbocycles. The van der Waals surface area contributed by atoms with Gasteiger partial charge in [0.05, 0.1) is 17.0 Å². The number of sulfonamides is 1. The summed E-state index contributed by atoms with van der Waals surface area (Å²) in [6, 6.07) is 6.77. The van der Waals surface area contributed by atoms with Crippen LogP contribution in [0.4, 0.5) is 5.69 Å². The van der Waals surface area contributed by atoms with Crippen LogP contribution >= 0.6 is 12.4 Å². The van der Waals surface area contributed by atoms with E-state index < -0.39 is 20.6 Å². The molecule has 3 rings (SSSR count). The number of rotatable bonds is 5. The number of carbonyl (C=O) groups excluding carboxylic acids is 1. The molecule has 1 fully saturated rings. The lowest BCUT2D eigenvalue weighted by atomic mass is 10.2. The summed E-state index contributed by atoms with van der Waals surface area (Å²) in [6.45, 7) is 0.599. The molecule has 1 aromatic carbocycles. The fourth-order valence-corrected chi connectivity index (χ4v) is 4.46. The molecule has 1 aliphatic heterocycles. The van der Waals surface area contributed by atoms with Crippen molar-refractivity contribution in [1.82, 2.24) is 9.21 Å². The molecule has 12 heteroatoms. The van der Waals surface area contributed by atoms with Crippen LogP contribution in [0.15, 0.2) is 45.9 Å². The van der Waals surface area contributed by atoms with Crippen molar-refractivity contribution in [2.75, 3.05) is 26.2 Å². The van der Waals surface area contributed by atoms with Gasteiger partial charge in [0.1, 0.15) is 12.0 Å². The maximum absolute atomic E-state index is 12.8. The van der Waals surface area contributed by atoms with E-state index in [1.165, 1.54) is 29.4 Å².